The summed E-state index contributed by atoms with van der Waals surface area (Å²) < 4.78 is 53.7. The van der Waals surface area contributed by atoms with Crippen LogP contribution in [0.4, 0.5) is 5.82 Å². The van der Waals surface area contributed by atoms with Crippen molar-refractivity contribution in [3.05, 3.63) is 148 Å². The maximum Gasteiger partial charge on any atom is 0.156 e. The number of imidazole rings is 1. The van der Waals surface area contributed by atoms with Crippen LogP contribution >= 0.6 is 0 Å². The van der Waals surface area contributed by atoms with Crippen molar-refractivity contribution in [1.82, 2.24) is 14.5 Å². The van der Waals surface area contributed by atoms with Gasteiger partial charge in [0.2, 0.25) is 0 Å². The van der Waals surface area contributed by atoms with E-state index in [1.165, 1.54) is 0 Å². The molecular formula is C52H67N7O9. The van der Waals surface area contributed by atoms with E-state index < -0.39 is 11.1 Å². The molecule has 2 aromatic heterocycles. The molecule has 0 radical (unpaired) electrons. The number of benzene rings is 4. The van der Waals surface area contributed by atoms with E-state index in [1.54, 1.807) is 0 Å². The molecule has 2 heterocycles. The summed E-state index contributed by atoms with van der Waals surface area (Å²) >= 11 is 0. The van der Waals surface area contributed by atoms with Crippen LogP contribution in [0.1, 0.15) is 43.3 Å². The molecule has 6 aromatic rings. The van der Waals surface area contributed by atoms with Crippen molar-refractivity contribution in [2.75, 3.05) is 118 Å². The lowest BCUT2D eigenvalue weighted by atomic mass is 9.77. The number of fused-ring (bicyclic) bond motifs is 3. The number of ether oxygens (including phenoxy) is 9. The maximum absolute atomic E-state index is 8.22. The maximum atomic E-state index is 8.22. The smallest absolute Gasteiger partial charge is 0.156 e. The van der Waals surface area contributed by atoms with Crippen LogP contribution in [0, 0.1) is 0 Å². The minimum atomic E-state index is -0.808. The van der Waals surface area contributed by atoms with Crippen molar-refractivity contribution in [2.24, 2.45) is 5.11 Å². The van der Waals surface area contributed by atoms with Crippen LogP contribution in [-0.4, -0.2) is 132 Å². The van der Waals surface area contributed by atoms with E-state index in [9.17, 15) is 0 Å². The van der Waals surface area contributed by atoms with Gasteiger partial charge in [0.25, 0.3) is 0 Å². The van der Waals surface area contributed by atoms with Crippen molar-refractivity contribution in [3.8, 4) is 0 Å². The fourth-order valence-corrected chi connectivity index (χ4v) is 7.78. The summed E-state index contributed by atoms with van der Waals surface area (Å²) in [7, 11) is 0. The summed E-state index contributed by atoms with van der Waals surface area (Å²) in [5.74, 6) is 1.46. The molecule has 0 saturated heterocycles. The van der Waals surface area contributed by atoms with Crippen molar-refractivity contribution in [3.63, 3.8) is 0 Å². The van der Waals surface area contributed by atoms with Crippen LogP contribution in [-0.2, 0) is 61.3 Å². The molecule has 0 unspecified atom stereocenters. The van der Waals surface area contributed by atoms with Crippen molar-refractivity contribution < 1.29 is 42.6 Å². The second kappa shape index (κ2) is 28.7. The van der Waals surface area contributed by atoms with Gasteiger partial charge in [0.1, 0.15) is 23.5 Å². The molecule has 1 N–H and O–H groups in total. The number of para-hydroxylation sites is 1. The third-order valence-electron chi connectivity index (χ3n) is 10.9. The lowest BCUT2D eigenvalue weighted by Gasteiger charge is -2.37. The van der Waals surface area contributed by atoms with Gasteiger partial charge in [-0.1, -0.05) is 114 Å². The van der Waals surface area contributed by atoms with E-state index >= 15 is 0 Å². The largest absolute Gasteiger partial charge is 0.379 e. The number of hydrogen-bond donors (Lipinski definition) is 1. The molecule has 16 nitrogen and oxygen atoms in total. The third-order valence-corrected chi connectivity index (χ3v) is 10.9. The van der Waals surface area contributed by atoms with E-state index in [1.807, 2.05) is 37.3 Å². The number of rotatable bonds is 35. The summed E-state index contributed by atoms with van der Waals surface area (Å²) in [6, 6.07) is 39.8. The average Bonchev–Trinajstić information content (AvgIpc) is 3.73. The molecular weight excluding hydrogens is 867 g/mol. The zero-order chi connectivity index (χ0) is 47.5. The SMILES string of the molecule is CCOCc1nc2c(NC(c3ccccc3)(c3ccccc3)c3ccccc3)nc3ccccc3c2n1CC(C)(C)OCCOCCOCCOCCOCCOCCOCCOCCN=[N+]=[N-]. The highest BCUT2D eigenvalue weighted by molar-refractivity contribution is 6.07. The predicted molar refractivity (Wildman–Crippen MR) is 263 cm³/mol. The minimum absolute atomic E-state index is 0.319. The number of aromatic nitrogens is 3. The van der Waals surface area contributed by atoms with Crippen LogP contribution in [0.25, 0.3) is 32.4 Å². The van der Waals surface area contributed by atoms with Crippen LogP contribution in [0.2, 0.25) is 0 Å². The molecule has 0 saturated carbocycles. The van der Waals surface area contributed by atoms with Crippen molar-refractivity contribution in [2.45, 2.75) is 45.1 Å². The quantitative estimate of drug-likeness (QED) is 0.0132. The Bertz CT molecular complexity index is 2290. The van der Waals surface area contributed by atoms with Crippen LogP contribution in [0.5, 0.6) is 0 Å². The molecule has 0 bridgehead atoms. The molecule has 0 fully saturated rings. The highest BCUT2D eigenvalue weighted by Gasteiger charge is 2.38. The Labute approximate surface area is 399 Å². The van der Waals surface area contributed by atoms with E-state index in [2.05, 4.69) is 119 Å². The molecule has 0 aliphatic heterocycles. The molecule has 68 heavy (non-hydrogen) atoms. The molecule has 0 amide bonds. The molecule has 0 atom stereocenters. The van der Waals surface area contributed by atoms with E-state index in [0.29, 0.717) is 131 Å². The number of anilines is 1. The Morgan fingerprint density at radius 2 is 1.00 bits per heavy atom. The second-order valence-electron chi connectivity index (χ2n) is 16.2. The van der Waals surface area contributed by atoms with Crippen LogP contribution in [0.3, 0.4) is 0 Å². The first-order chi connectivity index (χ1) is 33.5. The van der Waals surface area contributed by atoms with Crippen molar-refractivity contribution >= 4 is 27.8 Å². The van der Waals surface area contributed by atoms with Gasteiger partial charge in [-0.25, -0.2) is 9.97 Å². The topological polar surface area (TPSA) is 175 Å². The Morgan fingerprint density at radius 1 is 0.559 bits per heavy atom. The zero-order valence-corrected chi connectivity index (χ0v) is 39.8. The highest BCUT2D eigenvalue weighted by atomic mass is 16.6. The number of nitrogens with zero attached hydrogens (tertiary/aromatic N) is 6. The first-order valence-electron chi connectivity index (χ1n) is 23.5. The number of hydrogen-bond acceptors (Lipinski definition) is 13. The molecule has 16 heteroatoms. The normalized spacial score (nSPS) is 11.9. The summed E-state index contributed by atoms with van der Waals surface area (Å²) in [5.41, 5.74) is 12.6. The van der Waals surface area contributed by atoms with Crippen LogP contribution < -0.4 is 5.32 Å². The third kappa shape index (κ3) is 15.5. The van der Waals surface area contributed by atoms with Gasteiger partial charge in [0, 0.05) is 23.4 Å². The fraction of sp³-hybridized carbons (Fsp3) is 0.462. The average molecular weight is 934 g/mol. The van der Waals surface area contributed by atoms with Gasteiger partial charge in [-0.2, -0.15) is 0 Å². The van der Waals surface area contributed by atoms with E-state index in [-0.39, 0.29) is 0 Å². The summed E-state index contributed by atoms with van der Waals surface area (Å²) in [6.45, 7) is 14.7. The fourth-order valence-electron chi connectivity index (χ4n) is 7.78. The molecule has 364 valence electrons. The summed E-state index contributed by atoms with van der Waals surface area (Å²) in [5, 5.41) is 8.41. The van der Waals surface area contributed by atoms with Gasteiger partial charge < -0.3 is 52.5 Å². The van der Waals surface area contributed by atoms with E-state index in [4.69, 9.17) is 58.1 Å². The second-order valence-corrected chi connectivity index (χ2v) is 16.2. The monoisotopic (exact) mass is 934 g/mol. The first kappa shape index (κ1) is 51.9. The number of nitrogens with one attached hydrogen (secondary N) is 1. The first-order valence-corrected chi connectivity index (χ1v) is 23.5. The van der Waals surface area contributed by atoms with Gasteiger partial charge in [-0.3, -0.25) is 0 Å². The lowest BCUT2D eigenvalue weighted by Crippen LogP contribution is -2.38. The molecule has 0 spiro atoms. The summed E-state index contributed by atoms with van der Waals surface area (Å²) in [6.07, 6.45) is 0. The van der Waals surface area contributed by atoms with Gasteiger partial charge >= 0.3 is 0 Å². The van der Waals surface area contributed by atoms with Crippen LogP contribution in [0.15, 0.2) is 120 Å². The Hall–Kier alpha value is -5.49. The summed E-state index contributed by atoms with van der Waals surface area (Å²) in [4.78, 5) is 13.3. The predicted octanol–water partition coefficient (Wildman–Crippen LogP) is 8.75. The van der Waals surface area contributed by atoms with Crippen molar-refractivity contribution in [1.29, 1.82) is 0 Å². The molecule has 4 aromatic carbocycles. The van der Waals surface area contributed by atoms with Gasteiger partial charge in [0.05, 0.1) is 122 Å². The zero-order valence-electron chi connectivity index (χ0n) is 39.8. The van der Waals surface area contributed by atoms with Gasteiger partial charge in [-0.15, -0.1) is 0 Å². The standard InChI is InChI=1S/C52H67N7O9/c1-4-60-40-47-56-48-49(45-22-14-15-23-46(45)55-50(48)57-52(42-16-8-5-9-17-42,43-18-10-6-11-19-43)44-20-12-7-13-21-44)59(47)41-51(2,3)68-39-38-67-37-36-66-35-34-65-33-32-64-31-30-63-29-28-62-27-26-61-25-24-54-58-53/h5-23H,4,24-41H2,1-3H3,(H,55,57). The Balaban J connectivity index is 0.988. The van der Waals surface area contributed by atoms with Gasteiger partial charge in [-0.05, 0) is 49.1 Å². The molecule has 0 aliphatic carbocycles. The number of pyridine rings is 1. The Kier molecular flexibility index (Phi) is 21.9. The molecule has 0 aliphatic rings. The lowest BCUT2D eigenvalue weighted by molar-refractivity contribution is -0.0621. The minimum Gasteiger partial charge on any atom is -0.379 e. The highest BCUT2D eigenvalue weighted by Crippen LogP contribution is 2.42. The Morgan fingerprint density at radius 3 is 1.47 bits per heavy atom. The van der Waals surface area contributed by atoms with E-state index in [0.717, 1.165) is 44.5 Å². The molecule has 6 rings (SSSR count). The van der Waals surface area contributed by atoms with Gasteiger partial charge in [0.15, 0.2) is 5.82 Å². The number of azide groups is 1.